The fourth-order valence-corrected chi connectivity index (χ4v) is 1.93. The zero-order chi connectivity index (χ0) is 13.9. The van der Waals surface area contributed by atoms with Gasteiger partial charge >= 0.3 is 0 Å². The van der Waals surface area contributed by atoms with Crippen molar-refractivity contribution < 1.29 is 31.2 Å². The minimum absolute atomic E-state index is 0.186. The third kappa shape index (κ3) is 3.42. The molecule has 10 heteroatoms. The van der Waals surface area contributed by atoms with Gasteiger partial charge in [-0.2, -0.15) is 0 Å². The first-order valence-corrected chi connectivity index (χ1v) is 5.79. The zero-order valence-electron chi connectivity index (χ0n) is 8.61. The normalized spacial score (nSPS) is 11.5. The number of primary amides is 1. The van der Waals surface area contributed by atoms with Gasteiger partial charge < -0.3 is 5.73 Å². The Bertz CT molecular complexity index is 553. The Morgan fingerprint density at radius 3 is 2.22 bits per heavy atom. The van der Waals surface area contributed by atoms with Crippen molar-refractivity contribution in [3.05, 3.63) is 29.6 Å². The van der Waals surface area contributed by atoms with Crippen molar-refractivity contribution in [3.8, 4) is 0 Å². The van der Waals surface area contributed by atoms with E-state index in [1.165, 1.54) is 4.89 Å². The first kappa shape index (κ1) is 14.4. The molecule has 0 heterocycles. The minimum atomic E-state index is -4.73. The van der Waals surface area contributed by atoms with E-state index in [2.05, 4.69) is 10.6 Å². The maximum atomic E-state index is 13.1. The van der Waals surface area contributed by atoms with Crippen LogP contribution in [0, 0.1) is 17.5 Å². The van der Waals surface area contributed by atoms with E-state index in [1.807, 2.05) is 0 Å². The molecule has 1 aromatic carbocycles. The number of sulfonamides is 1. The Morgan fingerprint density at radius 2 is 1.78 bits per heavy atom. The van der Waals surface area contributed by atoms with Gasteiger partial charge in [-0.1, -0.05) is 4.89 Å². The SMILES string of the molecule is NC(=O)CONS(=O)(=O)c1c(F)cc(F)cc1F. The molecule has 3 N–H and O–H groups in total. The minimum Gasteiger partial charge on any atom is -0.368 e. The lowest BCUT2D eigenvalue weighted by Gasteiger charge is -2.07. The molecular weight excluding hydrogens is 277 g/mol. The number of carbonyl (C=O) groups excluding carboxylic acids is 1. The first-order chi connectivity index (χ1) is 8.24. The van der Waals surface area contributed by atoms with E-state index in [0.29, 0.717) is 0 Å². The number of benzene rings is 1. The van der Waals surface area contributed by atoms with Crippen LogP contribution in [0.4, 0.5) is 13.2 Å². The van der Waals surface area contributed by atoms with Crippen LogP contribution >= 0.6 is 0 Å². The topological polar surface area (TPSA) is 98.5 Å². The van der Waals surface area contributed by atoms with Crippen molar-refractivity contribution >= 4 is 15.9 Å². The average molecular weight is 284 g/mol. The van der Waals surface area contributed by atoms with Gasteiger partial charge in [0.2, 0.25) is 5.91 Å². The number of rotatable bonds is 5. The van der Waals surface area contributed by atoms with E-state index in [0.717, 1.165) is 0 Å². The van der Waals surface area contributed by atoms with Gasteiger partial charge in [0.05, 0.1) is 0 Å². The smallest absolute Gasteiger partial charge is 0.268 e. The summed E-state index contributed by atoms with van der Waals surface area (Å²) in [7, 11) is -4.73. The summed E-state index contributed by atoms with van der Waals surface area (Å²) in [6.07, 6.45) is 0. The van der Waals surface area contributed by atoms with Gasteiger partial charge in [0.25, 0.3) is 10.0 Å². The second-order valence-electron chi connectivity index (χ2n) is 3.04. The van der Waals surface area contributed by atoms with Crippen LogP contribution in [0.5, 0.6) is 0 Å². The molecule has 0 aliphatic heterocycles. The molecule has 0 aliphatic rings. The molecular formula is C8H7F3N2O4S. The molecule has 100 valence electrons. The molecule has 0 fully saturated rings. The van der Waals surface area contributed by atoms with E-state index in [4.69, 9.17) is 0 Å². The highest BCUT2D eigenvalue weighted by atomic mass is 32.2. The Hall–Kier alpha value is -1.65. The molecule has 1 aromatic rings. The maximum Gasteiger partial charge on any atom is 0.268 e. The van der Waals surface area contributed by atoms with Crippen molar-refractivity contribution in [3.63, 3.8) is 0 Å². The van der Waals surface area contributed by atoms with Gasteiger partial charge in [-0.15, -0.1) is 0 Å². The average Bonchev–Trinajstić information content (AvgIpc) is 2.13. The van der Waals surface area contributed by atoms with Gasteiger partial charge in [0.1, 0.15) is 24.1 Å². The Morgan fingerprint density at radius 1 is 1.28 bits per heavy atom. The third-order valence-corrected chi connectivity index (χ3v) is 2.88. The summed E-state index contributed by atoms with van der Waals surface area (Å²) in [6.45, 7) is -0.830. The van der Waals surface area contributed by atoms with Crippen LogP contribution in [0.2, 0.25) is 0 Å². The van der Waals surface area contributed by atoms with Gasteiger partial charge in [0, 0.05) is 12.1 Å². The van der Waals surface area contributed by atoms with Crippen LogP contribution < -0.4 is 10.6 Å². The molecule has 0 radical (unpaired) electrons. The predicted molar refractivity (Wildman–Crippen MR) is 51.8 cm³/mol. The summed E-state index contributed by atoms with van der Waals surface area (Å²) in [5.74, 6) is -5.55. The number of hydrogen-bond donors (Lipinski definition) is 2. The summed E-state index contributed by atoms with van der Waals surface area (Å²) in [6, 6.07) is 0.372. The van der Waals surface area contributed by atoms with Crippen molar-refractivity contribution in [1.29, 1.82) is 0 Å². The highest BCUT2D eigenvalue weighted by molar-refractivity contribution is 7.89. The molecule has 1 amide bonds. The van der Waals surface area contributed by atoms with Crippen molar-refractivity contribution in [1.82, 2.24) is 4.89 Å². The predicted octanol–water partition coefficient (Wildman–Crippen LogP) is -0.201. The lowest BCUT2D eigenvalue weighted by atomic mass is 10.3. The molecule has 0 saturated carbocycles. The molecule has 6 nitrogen and oxygen atoms in total. The van der Waals surface area contributed by atoms with Gasteiger partial charge in [0.15, 0.2) is 4.90 Å². The third-order valence-electron chi connectivity index (χ3n) is 1.61. The van der Waals surface area contributed by atoms with E-state index in [1.54, 1.807) is 0 Å². The molecule has 0 spiro atoms. The van der Waals surface area contributed by atoms with E-state index < -0.39 is 44.9 Å². The number of halogens is 3. The molecule has 0 unspecified atom stereocenters. The second kappa shape index (κ2) is 5.33. The van der Waals surface area contributed by atoms with Crippen LogP contribution in [0.3, 0.4) is 0 Å². The summed E-state index contributed by atoms with van der Waals surface area (Å²) < 4.78 is 61.6. The number of carbonyl (C=O) groups is 1. The van der Waals surface area contributed by atoms with Crippen LogP contribution in [-0.2, 0) is 19.7 Å². The Balaban J connectivity index is 3.02. The molecule has 0 aromatic heterocycles. The lowest BCUT2D eigenvalue weighted by Crippen LogP contribution is -2.30. The first-order valence-electron chi connectivity index (χ1n) is 4.30. The molecule has 1 rings (SSSR count). The highest BCUT2D eigenvalue weighted by Gasteiger charge is 2.25. The van der Waals surface area contributed by atoms with E-state index in [-0.39, 0.29) is 12.1 Å². The van der Waals surface area contributed by atoms with Crippen molar-refractivity contribution in [2.75, 3.05) is 6.61 Å². The van der Waals surface area contributed by atoms with E-state index >= 15 is 0 Å². The standard InChI is InChI=1S/C8H7F3N2O4S/c9-4-1-5(10)8(6(11)2-4)18(15,16)13-17-3-7(12)14/h1-2,13H,3H2,(H2,12,14). The summed E-state index contributed by atoms with van der Waals surface area (Å²) in [5.41, 5.74) is 4.64. The number of nitrogens with two attached hydrogens (primary N) is 1. The maximum absolute atomic E-state index is 13.1. The molecule has 0 saturated heterocycles. The number of hydrogen-bond acceptors (Lipinski definition) is 4. The van der Waals surface area contributed by atoms with Gasteiger partial charge in [-0.25, -0.2) is 21.6 Å². The van der Waals surface area contributed by atoms with Crippen molar-refractivity contribution in [2.45, 2.75) is 4.90 Å². The molecule has 0 bridgehead atoms. The second-order valence-corrected chi connectivity index (χ2v) is 4.62. The van der Waals surface area contributed by atoms with Crippen LogP contribution in [0.25, 0.3) is 0 Å². The molecule has 0 atom stereocenters. The van der Waals surface area contributed by atoms with Crippen LogP contribution in [0.1, 0.15) is 0 Å². The number of nitrogens with one attached hydrogen (secondary N) is 1. The van der Waals surface area contributed by atoms with Crippen LogP contribution in [-0.4, -0.2) is 20.9 Å². The number of amides is 1. The zero-order valence-corrected chi connectivity index (χ0v) is 9.43. The quantitative estimate of drug-likeness (QED) is 0.731. The molecule has 0 aliphatic carbocycles. The summed E-state index contributed by atoms with van der Waals surface area (Å²) in [4.78, 5) is 14.2. The monoisotopic (exact) mass is 284 g/mol. The summed E-state index contributed by atoms with van der Waals surface area (Å²) in [5, 5.41) is 0. The van der Waals surface area contributed by atoms with Crippen molar-refractivity contribution in [2.24, 2.45) is 5.73 Å². The Labute approximate surface area is 99.5 Å². The van der Waals surface area contributed by atoms with Gasteiger partial charge in [-0.05, 0) is 0 Å². The fourth-order valence-electron chi connectivity index (χ4n) is 1.01. The van der Waals surface area contributed by atoms with Crippen LogP contribution in [0.15, 0.2) is 17.0 Å². The fraction of sp³-hybridized carbons (Fsp3) is 0.125. The highest BCUT2D eigenvalue weighted by Crippen LogP contribution is 2.19. The van der Waals surface area contributed by atoms with Gasteiger partial charge in [-0.3, -0.25) is 9.63 Å². The van der Waals surface area contributed by atoms with E-state index in [9.17, 15) is 26.4 Å². The summed E-state index contributed by atoms with van der Waals surface area (Å²) >= 11 is 0. The lowest BCUT2D eigenvalue weighted by molar-refractivity contribution is -0.123. The largest absolute Gasteiger partial charge is 0.368 e. The Kier molecular flexibility index (Phi) is 4.27. The molecule has 18 heavy (non-hydrogen) atoms.